The Morgan fingerprint density at radius 2 is 1.77 bits per heavy atom. The minimum Gasteiger partial charge on any atom is -0.352 e. The molecule has 6 heterocycles. The van der Waals surface area contributed by atoms with Crippen LogP contribution in [0.5, 0.6) is 0 Å². The van der Waals surface area contributed by atoms with Crippen molar-refractivity contribution in [2.24, 2.45) is 7.05 Å². The first-order chi connectivity index (χ1) is 14.8. The third kappa shape index (κ3) is 2.58. The number of aromatic amines is 2. The Labute approximate surface area is 170 Å². The zero-order chi connectivity index (χ0) is 20.1. The van der Waals surface area contributed by atoms with Gasteiger partial charge in [0.25, 0.3) is 0 Å². The molecule has 0 unspecified atom stereocenters. The highest BCUT2D eigenvalue weighted by Gasteiger charge is 2.15. The minimum absolute atomic E-state index is 0.842. The number of hydrogen-bond donors (Lipinski definition) is 2. The molecular weight excluding hydrogens is 376 g/mol. The quantitative estimate of drug-likeness (QED) is 0.475. The fourth-order valence-electron chi connectivity index (χ4n) is 3.77. The first-order valence-corrected chi connectivity index (χ1v) is 9.47. The number of fused-ring (bicyclic) bond motifs is 2. The van der Waals surface area contributed by atoms with Crippen LogP contribution in [-0.4, -0.2) is 39.9 Å². The van der Waals surface area contributed by atoms with E-state index < -0.39 is 0 Å². The van der Waals surface area contributed by atoms with Gasteiger partial charge in [0.2, 0.25) is 0 Å². The monoisotopic (exact) mass is 392 g/mol. The minimum atomic E-state index is 0.842. The van der Waals surface area contributed by atoms with E-state index in [0.29, 0.717) is 0 Å². The van der Waals surface area contributed by atoms with E-state index in [1.54, 1.807) is 23.3 Å². The van der Waals surface area contributed by atoms with Gasteiger partial charge < -0.3 is 4.98 Å². The van der Waals surface area contributed by atoms with Gasteiger partial charge in [-0.05, 0) is 29.8 Å². The molecule has 0 spiro atoms. The second-order valence-corrected chi connectivity index (χ2v) is 7.16. The zero-order valence-corrected chi connectivity index (χ0v) is 16.0. The number of nitrogens with one attached hydrogen (secondary N) is 2. The van der Waals surface area contributed by atoms with Gasteiger partial charge in [0.1, 0.15) is 5.69 Å². The van der Waals surface area contributed by atoms with Crippen LogP contribution in [0.15, 0.2) is 67.6 Å². The van der Waals surface area contributed by atoms with E-state index in [1.165, 1.54) is 0 Å². The molecule has 6 aromatic heterocycles. The van der Waals surface area contributed by atoms with Crippen LogP contribution in [0.3, 0.4) is 0 Å². The van der Waals surface area contributed by atoms with Gasteiger partial charge in [-0.25, -0.2) is 0 Å². The highest BCUT2D eigenvalue weighted by Crippen LogP contribution is 2.34. The Bertz CT molecular complexity index is 1510. The lowest BCUT2D eigenvalue weighted by molar-refractivity contribution is 0.768. The second-order valence-electron chi connectivity index (χ2n) is 7.16. The summed E-state index contributed by atoms with van der Waals surface area (Å²) in [5.41, 5.74) is 7.54. The first kappa shape index (κ1) is 16.6. The van der Waals surface area contributed by atoms with Gasteiger partial charge in [0, 0.05) is 53.7 Å². The molecule has 0 aliphatic heterocycles. The van der Waals surface area contributed by atoms with Gasteiger partial charge in [0.15, 0.2) is 0 Å². The average Bonchev–Trinajstić information content (AvgIpc) is 3.50. The molecule has 0 saturated carbocycles. The lowest BCUT2D eigenvalue weighted by Gasteiger charge is -2.01. The Balaban J connectivity index is 1.52. The maximum atomic E-state index is 4.56. The summed E-state index contributed by atoms with van der Waals surface area (Å²) in [5, 5.41) is 14.0. The number of H-pyrrole nitrogens is 2. The van der Waals surface area contributed by atoms with E-state index >= 15 is 0 Å². The Morgan fingerprint density at radius 1 is 0.867 bits per heavy atom. The van der Waals surface area contributed by atoms with Gasteiger partial charge >= 0.3 is 0 Å². The molecular formula is C22H16N8. The van der Waals surface area contributed by atoms with Crippen molar-refractivity contribution in [2.75, 3.05) is 0 Å². The first-order valence-electron chi connectivity index (χ1n) is 9.47. The third-order valence-electron chi connectivity index (χ3n) is 5.24. The van der Waals surface area contributed by atoms with Crippen molar-refractivity contribution in [3.05, 3.63) is 67.6 Å². The van der Waals surface area contributed by atoms with Crippen molar-refractivity contribution in [1.29, 1.82) is 0 Å². The Morgan fingerprint density at radius 3 is 2.60 bits per heavy atom. The molecule has 144 valence electrons. The lowest BCUT2D eigenvalue weighted by atomic mass is 10.1. The summed E-state index contributed by atoms with van der Waals surface area (Å²) in [5.74, 6) is 0. The SMILES string of the molecule is Cn1cc(-c2cc3c(-c4cc5c(-c6ccncc6)cncc5[nH]4)n[nH]c3cn2)cn1. The fourth-order valence-corrected chi connectivity index (χ4v) is 3.77. The number of aryl methyl sites for hydroxylation is 1. The van der Waals surface area contributed by atoms with Crippen molar-refractivity contribution in [3.63, 3.8) is 0 Å². The molecule has 0 aromatic carbocycles. The van der Waals surface area contributed by atoms with E-state index in [2.05, 4.69) is 41.3 Å². The molecule has 2 N–H and O–H groups in total. The van der Waals surface area contributed by atoms with E-state index in [4.69, 9.17) is 0 Å². The summed E-state index contributed by atoms with van der Waals surface area (Å²) in [4.78, 5) is 16.5. The fraction of sp³-hybridized carbons (Fsp3) is 0.0455. The van der Waals surface area contributed by atoms with Crippen molar-refractivity contribution in [1.82, 2.24) is 39.9 Å². The van der Waals surface area contributed by atoms with E-state index in [-0.39, 0.29) is 0 Å². The van der Waals surface area contributed by atoms with Crippen molar-refractivity contribution in [3.8, 4) is 33.8 Å². The molecule has 0 saturated heterocycles. The van der Waals surface area contributed by atoms with Gasteiger partial charge in [-0.15, -0.1) is 0 Å². The third-order valence-corrected chi connectivity index (χ3v) is 5.24. The lowest BCUT2D eigenvalue weighted by Crippen LogP contribution is -1.85. The zero-order valence-electron chi connectivity index (χ0n) is 16.0. The van der Waals surface area contributed by atoms with Gasteiger partial charge in [-0.1, -0.05) is 0 Å². The largest absolute Gasteiger partial charge is 0.352 e. The van der Waals surface area contributed by atoms with Crippen LogP contribution in [-0.2, 0) is 7.05 Å². The van der Waals surface area contributed by atoms with Crippen molar-refractivity contribution < 1.29 is 0 Å². The number of pyridine rings is 3. The molecule has 0 amide bonds. The normalized spacial score (nSPS) is 11.5. The number of nitrogens with zero attached hydrogens (tertiary/aromatic N) is 6. The van der Waals surface area contributed by atoms with Crippen LogP contribution in [0.25, 0.3) is 55.6 Å². The highest BCUT2D eigenvalue weighted by molar-refractivity contribution is 6.00. The molecule has 6 aromatic rings. The van der Waals surface area contributed by atoms with Crippen molar-refractivity contribution >= 4 is 21.8 Å². The summed E-state index contributed by atoms with van der Waals surface area (Å²) >= 11 is 0. The van der Waals surface area contributed by atoms with E-state index in [1.807, 2.05) is 50.0 Å². The molecule has 0 atom stereocenters. The molecule has 8 heteroatoms. The van der Waals surface area contributed by atoms with Crippen LogP contribution < -0.4 is 0 Å². The van der Waals surface area contributed by atoms with Crippen molar-refractivity contribution in [2.45, 2.75) is 0 Å². The maximum absolute atomic E-state index is 4.56. The summed E-state index contributed by atoms with van der Waals surface area (Å²) < 4.78 is 1.77. The van der Waals surface area contributed by atoms with Gasteiger partial charge in [-0.3, -0.25) is 24.7 Å². The molecule has 0 aliphatic carbocycles. The molecule has 0 bridgehead atoms. The number of rotatable bonds is 3. The average molecular weight is 392 g/mol. The molecule has 8 nitrogen and oxygen atoms in total. The Kier molecular flexibility index (Phi) is 3.51. The molecule has 30 heavy (non-hydrogen) atoms. The highest BCUT2D eigenvalue weighted by atomic mass is 15.2. The van der Waals surface area contributed by atoms with Crippen LogP contribution in [0.2, 0.25) is 0 Å². The maximum Gasteiger partial charge on any atom is 0.116 e. The topological polar surface area (TPSA) is 101 Å². The summed E-state index contributed by atoms with van der Waals surface area (Å²) in [6.07, 6.45) is 12.9. The second kappa shape index (κ2) is 6.35. The van der Waals surface area contributed by atoms with Gasteiger partial charge in [-0.2, -0.15) is 10.2 Å². The predicted octanol–water partition coefficient (Wildman–Crippen LogP) is 3.96. The Hall–Kier alpha value is -4.33. The predicted molar refractivity (Wildman–Crippen MR) is 114 cm³/mol. The molecule has 0 radical (unpaired) electrons. The van der Waals surface area contributed by atoms with Gasteiger partial charge in [0.05, 0.1) is 41.0 Å². The smallest absolute Gasteiger partial charge is 0.116 e. The summed E-state index contributed by atoms with van der Waals surface area (Å²) in [6, 6.07) is 8.13. The number of hydrogen-bond acceptors (Lipinski definition) is 5. The summed E-state index contributed by atoms with van der Waals surface area (Å²) in [7, 11) is 1.89. The van der Waals surface area contributed by atoms with E-state index in [0.717, 1.165) is 55.6 Å². The van der Waals surface area contributed by atoms with Crippen LogP contribution >= 0.6 is 0 Å². The molecule has 6 rings (SSSR count). The summed E-state index contributed by atoms with van der Waals surface area (Å²) in [6.45, 7) is 0. The standard InChI is InChI=1S/C22H16N8/c1-30-12-14(8-26-30)18-7-16-21(11-25-18)28-29-22(16)19-6-15-17(9-24-10-20(15)27-19)13-2-4-23-5-3-13/h2-12,27H,1H3,(H,28,29). The molecule has 0 fully saturated rings. The van der Waals surface area contributed by atoms with Crippen LogP contribution in [0.4, 0.5) is 0 Å². The number of aromatic nitrogens is 8. The molecule has 0 aliphatic rings. The van der Waals surface area contributed by atoms with Crippen LogP contribution in [0.1, 0.15) is 0 Å². The van der Waals surface area contributed by atoms with E-state index in [9.17, 15) is 0 Å². The van der Waals surface area contributed by atoms with Crippen LogP contribution in [0, 0.1) is 0 Å².